The van der Waals surface area contributed by atoms with Gasteiger partial charge in [-0.2, -0.15) is 0 Å². The van der Waals surface area contributed by atoms with Crippen LogP contribution >= 0.6 is 0 Å². The van der Waals surface area contributed by atoms with E-state index in [4.69, 9.17) is 0 Å². The molecule has 1 heterocycles. The van der Waals surface area contributed by atoms with E-state index in [1.54, 1.807) is 0 Å². The summed E-state index contributed by atoms with van der Waals surface area (Å²) in [5.74, 6) is 0.0433. The van der Waals surface area contributed by atoms with Gasteiger partial charge >= 0.3 is 0 Å². The van der Waals surface area contributed by atoms with E-state index >= 15 is 0 Å². The molecule has 0 aromatic heterocycles. The Morgan fingerprint density at radius 3 is 2.53 bits per heavy atom. The smallest absolute Gasteiger partial charge is 0.241 e. The van der Waals surface area contributed by atoms with Crippen LogP contribution in [0.3, 0.4) is 0 Å². The van der Waals surface area contributed by atoms with E-state index in [0.29, 0.717) is 6.42 Å². The van der Waals surface area contributed by atoms with Crippen LogP contribution < -0.4 is 5.32 Å². The molecule has 1 aliphatic heterocycles. The van der Waals surface area contributed by atoms with Gasteiger partial charge in [0.15, 0.2) is 0 Å². The largest absolute Gasteiger partial charge is 0.347 e. The van der Waals surface area contributed by atoms with Crippen LogP contribution in [0, 0.1) is 0 Å². The molecule has 0 saturated carbocycles. The van der Waals surface area contributed by atoms with Crippen molar-refractivity contribution in [2.45, 2.75) is 39.0 Å². The summed E-state index contributed by atoms with van der Waals surface area (Å²) in [6, 6.07) is 0. The second-order valence-electron chi connectivity index (χ2n) is 3.97. The van der Waals surface area contributed by atoms with Crippen LogP contribution in [0.2, 0.25) is 0 Å². The molecule has 0 aliphatic carbocycles. The van der Waals surface area contributed by atoms with Crippen LogP contribution in [0.4, 0.5) is 0 Å². The van der Waals surface area contributed by atoms with Gasteiger partial charge in [-0.3, -0.25) is 9.59 Å². The number of carbonyl (C=O) groups is 2. The van der Waals surface area contributed by atoms with E-state index < -0.39 is 0 Å². The van der Waals surface area contributed by atoms with E-state index in [1.807, 2.05) is 11.8 Å². The Morgan fingerprint density at radius 1 is 1.27 bits per heavy atom. The second kappa shape index (κ2) is 6.43. The average molecular weight is 212 g/mol. The topological polar surface area (TPSA) is 49.4 Å². The minimum Gasteiger partial charge on any atom is -0.347 e. The van der Waals surface area contributed by atoms with Crippen molar-refractivity contribution in [1.29, 1.82) is 0 Å². The third-order valence-electron chi connectivity index (χ3n) is 2.65. The summed E-state index contributed by atoms with van der Waals surface area (Å²) in [6.07, 6.45) is 4.62. The van der Waals surface area contributed by atoms with Gasteiger partial charge in [-0.15, -0.1) is 0 Å². The summed E-state index contributed by atoms with van der Waals surface area (Å²) in [5.41, 5.74) is 0. The van der Waals surface area contributed by atoms with Crippen LogP contribution in [0.15, 0.2) is 0 Å². The zero-order chi connectivity index (χ0) is 11.1. The van der Waals surface area contributed by atoms with Crippen molar-refractivity contribution in [3.05, 3.63) is 0 Å². The van der Waals surface area contributed by atoms with E-state index in [9.17, 15) is 9.59 Å². The third-order valence-corrected chi connectivity index (χ3v) is 2.65. The summed E-state index contributed by atoms with van der Waals surface area (Å²) in [4.78, 5) is 24.6. The van der Waals surface area contributed by atoms with Gasteiger partial charge < -0.3 is 10.2 Å². The highest BCUT2D eigenvalue weighted by Crippen LogP contribution is 2.06. The van der Waals surface area contributed by atoms with E-state index in [1.165, 1.54) is 0 Å². The zero-order valence-electron chi connectivity index (χ0n) is 9.42. The molecule has 0 aromatic carbocycles. The highest BCUT2D eigenvalue weighted by molar-refractivity contribution is 5.84. The molecule has 4 nitrogen and oxygen atoms in total. The molecule has 1 aliphatic rings. The van der Waals surface area contributed by atoms with Crippen molar-refractivity contribution in [1.82, 2.24) is 10.2 Å². The quantitative estimate of drug-likeness (QED) is 0.736. The van der Waals surface area contributed by atoms with Crippen LogP contribution in [-0.4, -0.2) is 36.3 Å². The lowest BCUT2D eigenvalue weighted by atomic mass is 10.2. The van der Waals surface area contributed by atoms with Gasteiger partial charge in [0.25, 0.3) is 0 Å². The van der Waals surface area contributed by atoms with Crippen LogP contribution in [0.25, 0.3) is 0 Å². The first-order valence-corrected chi connectivity index (χ1v) is 5.78. The predicted molar refractivity (Wildman–Crippen MR) is 58.3 cm³/mol. The number of hydrogen-bond acceptors (Lipinski definition) is 2. The van der Waals surface area contributed by atoms with E-state index in [2.05, 4.69) is 5.32 Å². The lowest BCUT2D eigenvalue weighted by Gasteiger charge is -2.15. The van der Waals surface area contributed by atoms with Crippen molar-refractivity contribution >= 4 is 11.8 Å². The Kier molecular flexibility index (Phi) is 5.15. The maximum absolute atomic E-state index is 11.5. The van der Waals surface area contributed by atoms with Gasteiger partial charge in [0, 0.05) is 19.5 Å². The molecule has 1 saturated heterocycles. The highest BCUT2D eigenvalue weighted by atomic mass is 16.2. The lowest BCUT2D eigenvalue weighted by Crippen LogP contribution is -2.38. The van der Waals surface area contributed by atoms with Gasteiger partial charge in [0.1, 0.15) is 0 Å². The fourth-order valence-electron chi connectivity index (χ4n) is 1.68. The van der Waals surface area contributed by atoms with Crippen molar-refractivity contribution in [2.75, 3.05) is 19.6 Å². The molecule has 4 heteroatoms. The monoisotopic (exact) mass is 212 g/mol. The lowest BCUT2D eigenvalue weighted by molar-refractivity contribution is -0.132. The first kappa shape index (κ1) is 12.0. The molecule has 15 heavy (non-hydrogen) atoms. The number of nitrogens with zero attached hydrogens (tertiary/aromatic N) is 1. The summed E-state index contributed by atoms with van der Waals surface area (Å²) in [7, 11) is 0. The van der Waals surface area contributed by atoms with Crippen molar-refractivity contribution in [3.8, 4) is 0 Å². The standard InChI is InChI=1S/C11H20N2O2/c1-2-3-6-10(14)12-9-11(15)13-7-4-5-8-13/h2-9H2,1H3,(H,12,14). The predicted octanol–water partition coefficient (Wildman–Crippen LogP) is 0.915. The molecule has 0 unspecified atom stereocenters. The maximum atomic E-state index is 11.5. The maximum Gasteiger partial charge on any atom is 0.241 e. The number of rotatable bonds is 5. The Hall–Kier alpha value is -1.06. The molecule has 0 spiro atoms. The van der Waals surface area contributed by atoms with Gasteiger partial charge in [-0.05, 0) is 19.3 Å². The normalized spacial score (nSPS) is 15.4. The number of carbonyl (C=O) groups excluding carboxylic acids is 2. The Bertz CT molecular complexity index is 223. The summed E-state index contributed by atoms with van der Waals surface area (Å²) in [5, 5.41) is 2.66. The number of hydrogen-bond donors (Lipinski definition) is 1. The molecule has 0 atom stereocenters. The number of nitrogens with one attached hydrogen (secondary N) is 1. The minimum atomic E-state index is -0.00982. The summed E-state index contributed by atoms with van der Waals surface area (Å²) in [6.45, 7) is 3.92. The Balaban J connectivity index is 2.12. The fraction of sp³-hybridized carbons (Fsp3) is 0.818. The van der Waals surface area contributed by atoms with Crippen LogP contribution in [0.5, 0.6) is 0 Å². The molecular formula is C11H20N2O2. The van der Waals surface area contributed by atoms with Gasteiger partial charge in [0.05, 0.1) is 6.54 Å². The Morgan fingerprint density at radius 2 is 1.93 bits per heavy atom. The van der Waals surface area contributed by atoms with Gasteiger partial charge in [0.2, 0.25) is 11.8 Å². The number of amides is 2. The highest BCUT2D eigenvalue weighted by Gasteiger charge is 2.17. The first-order chi connectivity index (χ1) is 7.24. The fourth-order valence-corrected chi connectivity index (χ4v) is 1.68. The molecule has 2 amide bonds. The molecule has 1 N–H and O–H groups in total. The number of unbranched alkanes of at least 4 members (excludes halogenated alkanes) is 1. The average Bonchev–Trinajstić information content (AvgIpc) is 2.76. The van der Waals surface area contributed by atoms with Crippen LogP contribution in [-0.2, 0) is 9.59 Å². The van der Waals surface area contributed by atoms with E-state index in [-0.39, 0.29) is 18.4 Å². The third kappa shape index (κ3) is 4.32. The molecule has 0 radical (unpaired) electrons. The summed E-state index contributed by atoms with van der Waals surface area (Å²) >= 11 is 0. The molecule has 0 bridgehead atoms. The SMILES string of the molecule is CCCCC(=O)NCC(=O)N1CCCC1. The van der Waals surface area contributed by atoms with Crippen molar-refractivity contribution in [3.63, 3.8) is 0 Å². The van der Waals surface area contributed by atoms with Gasteiger partial charge in [-0.25, -0.2) is 0 Å². The molecule has 86 valence electrons. The zero-order valence-corrected chi connectivity index (χ0v) is 9.42. The van der Waals surface area contributed by atoms with Crippen molar-refractivity contribution in [2.24, 2.45) is 0 Å². The molecular weight excluding hydrogens is 192 g/mol. The van der Waals surface area contributed by atoms with Crippen molar-refractivity contribution < 1.29 is 9.59 Å². The van der Waals surface area contributed by atoms with Crippen LogP contribution in [0.1, 0.15) is 39.0 Å². The molecule has 0 aromatic rings. The molecule has 1 fully saturated rings. The van der Waals surface area contributed by atoms with E-state index in [0.717, 1.165) is 38.8 Å². The minimum absolute atomic E-state index is 0.00982. The summed E-state index contributed by atoms with van der Waals surface area (Å²) < 4.78 is 0. The second-order valence-corrected chi connectivity index (χ2v) is 3.97. The molecule has 1 rings (SSSR count). The number of likely N-dealkylation sites (tertiary alicyclic amines) is 1. The first-order valence-electron chi connectivity index (χ1n) is 5.78. The van der Waals surface area contributed by atoms with Gasteiger partial charge in [-0.1, -0.05) is 13.3 Å². The Labute approximate surface area is 91.0 Å².